The van der Waals surface area contributed by atoms with Crippen molar-refractivity contribution in [3.8, 4) is 0 Å². The van der Waals surface area contributed by atoms with Crippen LogP contribution in [0, 0.1) is 35.5 Å². The molecule has 1 N–H and O–H groups in total. The number of hydrogen-bond acceptors (Lipinski definition) is 5. The second kappa shape index (κ2) is 6.24. The largest absolute Gasteiger partial charge is 0.459 e. The Balaban J connectivity index is 1.30. The summed E-state index contributed by atoms with van der Waals surface area (Å²) in [5.74, 6) is -11.4. The van der Waals surface area contributed by atoms with E-state index in [9.17, 15) is 23.1 Å². The SMILES string of the molecule is O=C(OC12CC3CC(C1)C1(OCOC(O)(C(F)(F)F)C1(F)F)C(C3)C2)C1CC2C=CC1C2. The van der Waals surface area contributed by atoms with Gasteiger partial charge in [-0.1, -0.05) is 12.2 Å². The number of fused-ring (bicyclic) bond motifs is 2. The molecule has 0 aromatic carbocycles. The fourth-order valence-electron chi connectivity index (χ4n) is 8.03. The Morgan fingerprint density at radius 3 is 2.25 bits per heavy atom. The highest BCUT2D eigenvalue weighted by molar-refractivity contribution is 5.74. The molecular weight excluding hydrogens is 439 g/mol. The van der Waals surface area contributed by atoms with Crippen molar-refractivity contribution in [3.05, 3.63) is 12.2 Å². The van der Waals surface area contributed by atoms with Crippen LogP contribution in [0.1, 0.15) is 44.9 Å². The van der Waals surface area contributed by atoms with E-state index in [1.165, 1.54) is 0 Å². The van der Waals surface area contributed by atoms with Crippen LogP contribution in [0.4, 0.5) is 22.0 Å². The van der Waals surface area contributed by atoms with Gasteiger partial charge in [-0.25, -0.2) is 0 Å². The lowest BCUT2D eigenvalue weighted by Crippen LogP contribution is -2.81. The minimum Gasteiger partial charge on any atom is -0.459 e. The predicted octanol–water partition coefficient (Wildman–Crippen LogP) is 3.95. The molecule has 0 radical (unpaired) electrons. The average Bonchev–Trinajstić information content (AvgIpc) is 3.31. The van der Waals surface area contributed by atoms with Crippen LogP contribution in [0.2, 0.25) is 0 Å². The minimum atomic E-state index is -5.69. The van der Waals surface area contributed by atoms with E-state index >= 15 is 8.78 Å². The molecule has 6 bridgehead atoms. The Labute approximate surface area is 181 Å². The van der Waals surface area contributed by atoms with Crippen molar-refractivity contribution in [2.24, 2.45) is 35.5 Å². The van der Waals surface area contributed by atoms with Crippen LogP contribution in [0.25, 0.3) is 0 Å². The van der Waals surface area contributed by atoms with Crippen LogP contribution < -0.4 is 0 Å². The number of esters is 1. The Morgan fingerprint density at radius 2 is 1.69 bits per heavy atom. The van der Waals surface area contributed by atoms with Gasteiger partial charge in [0, 0.05) is 0 Å². The summed E-state index contributed by atoms with van der Waals surface area (Å²) >= 11 is 0. The molecule has 178 valence electrons. The summed E-state index contributed by atoms with van der Waals surface area (Å²) in [5, 5.41) is 10.0. The topological polar surface area (TPSA) is 65.0 Å². The lowest BCUT2D eigenvalue weighted by Gasteiger charge is -2.67. The molecule has 32 heavy (non-hydrogen) atoms. The van der Waals surface area contributed by atoms with Crippen LogP contribution in [0.3, 0.4) is 0 Å². The summed E-state index contributed by atoms with van der Waals surface area (Å²) in [6, 6.07) is 0. The van der Waals surface area contributed by atoms with Gasteiger partial charge in [0.1, 0.15) is 11.2 Å². The second-order valence-corrected chi connectivity index (χ2v) is 10.8. The Kier molecular flexibility index (Phi) is 4.15. The van der Waals surface area contributed by atoms with Gasteiger partial charge in [-0.05, 0) is 74.5 Å². The number of carbonyl (C=O) groups excluding carboxylic acids is 1. The van der Waals surface area contributed by atoms with Gasteiger partial charge < -0.3 is 19.3 Å². The van der Waals surface area contributed by atoms with E-state index in [4.69, 9.17) is 9.47 Å². The third-order valence-corrected chi connectivity index (χ3v) is 9.11. The molecule has 0 amide bonds. The van der Waals surface area contributed by atoms with Crippen molar-refractivity contribution < 1.29 is 46.1 Å². The van der Waals surface area contributed by atoms with Gasteiger partial charge in [0.15, 0.2) is 6.79 Å². The molecule has 5 saturated carbocycles. The normalized spacial score (nSPS) is 52.7. The zero-order valence-electron chi connectivity index (χ0n) is 17.2. The second-order valence-electron chi connectivity index (χ2n) is 10.8. The standard InChI is InChI=1S/C22H25F5O5/c23-20(24)19(30-10-31-21(20,29)22(25,26)27)14-4-12-5-15(19)9-18(7-12,8-14)32-17(28)16-6-11-1-2-13(16)3-11/h1-2,11-16,29H,3-10H2. The Hall–Kier alpha value is -1.26. The van der Waals surface area contributed by atoms with Gasteiger partial charge >= 0.3 is 23.9 Å². The fraction of sp³-hybridized carbons (Fsp3) is 0.864. The van der Waals surface area contributed by atoms with E-state index in [0.717, 1.165) is 6.42 Å². The lowest BCUT2D eigenvalue weighted by molar-refractivity contribution is -0.521. The first kappa shape index (κ1) is 21.3. The summed E-state index contributed by atoms with van der Waals surface area (Å²) in [6.07, 6.45) is 1.11. The number of alkyl halides is 5. The molecule has 6 fully saturated rings. The van der Waals surface area contributed by atoms with Crippen molar-refractivity contribution in [2.45, 2.75) is 74.0 Å². The lowest BCUT2D eigenvalue weighted by atomic mass is 9.46. The number of rotatable bonds is 2. The highest BCUT2D eigenvalue weighted by Crippen LogP contribution is 2.69. The maximum absolute atomic E-state index is 15.6. The zero-order valence-corrected chi connectivity index (χ0v) is 17.2. The van der Waals surface area contributed by atoms with Crippen molar-refractivity contribution in [1.29, 1.82) is 0 Å². The van der Waals surface area contributed by atoms with Gasteiger partial charge in [0.2, 0.25) is 0 Å². The van der Waals surface area contributed by atoms with Crippen molar-refractivity contribution in [3.63, 3.8) is 0 Å². The summed E-state index contributed by atoms with van der Waals surface area (Å²) in [5.41, 5.74) is -3.46. The predicted molar refractivity (Wildman–Crippen MR) is 96.9 cm³/mol. The number of ether oxygens (including phenoxy) is 3. The van der Waals surface area contributed by atoms with Gasteiger partial charge in [0.05, 0.1) is 5.92 Å². The number of carbonyl (C=O) groups is 1. The minimum absolute atomic E-state index is 0.00587. The summed E-state index contributed by atoms with van der Waals surface area (Å²) < 4.78 is 87.2. The maximum atomic E-state index is 15.6. The molecule has 0 aromatic heterocycles. The first-order valence-corrected chi connectivity index (χ1v) is 11.3. The monoisotopic (exact) mass is 464 g/mol. The molecule has 10 heteroatoms. The van der Waals surface area contributed by atoms with Gasteiger partial charge in [-0.2, -0.15) is 22.0 Å². The van der Waals surface area contributed by atoms with Gasteiger partial charge in [-0.15, -0.1) is 0 Å². The van der Waals surface area contributed by atoms with E-state index in [0.29, 0.717) is 18.8 Å². The van der Waals surface area contributed by atoms with E-state index in [1.54, 1.807) is 0 Å². The van der Waals surface area contributed by atoms with Gasteiger partial charge in [0.25, 0.3) is 0 Å². The third-order valence-electron chi connectivity index (χ3n) is 9.11. The smallest absolute Gasteiger partial charge is 0.449 e. The maximum Gasteiger partial charge on any atom is 0.449 e. The van der Waals surface area contributed by atoms with Crippen molar-refractivity contribution in [1.82, 2.24) is 0 Å². The summed E-state index contributed by atoms with van der Waals surface area (Å²) in [4.78, 5) is 13.0. The fourth-order valence-corrected chi connectivity index (χ4v) is 8.03. The van der Waals surface area contributed by atoms with E-state index in [2.05, 4.69) is 10.8 Å². The molecule has 1 saturated heterocycles. The number of aliphatic hydroxyl groups is 1. The molecule has 6 atom stereocenters. The van der Waals surface area contributed by atoms with Gasteiger partial charge in [-0.3, -0.25) is 4.79 Å². The highest BCUT2D eigenvalue weighted by Gasteiger charge is 2.85. The Bertz CT molecular complexity index is 855. The number of hydrogen-bond donors (Lipinski definition) is 1. The molecule has 0 aromatic rings. The van der Waals surface area contributed by atoms with Crippen LogP contribution >= 0.6 is 0 Å². The number of halogens is 5. The van der Waals surface area contributed by atoms with Crippen molar-refractivity contribution >= 4 is 5.97 Å². The third kappa shape index (κ3) is 2.46. The Morgan fingerprint density at radius 1 is 1.00 bits per heavy atom. The molecular formula is C22H25F5O5. The molecule has 6 aliphatic carbocycles. The molecule has 6 unspecified atom stereocenters. The molecule has 1 spiro atoms. The summed E-state index contributed by atoms with van der Waals surface area (Å²) in [7, 11) is 0. The highest BCUT2D eigenvalue weighted by atomic mass is 19.4. The molecule has 5 nitrogen and oxygen atoms in total. The summed E-state index contributed by atoms with van der Waals surface area (Å²) in [6.45, 7) is -1.08. The van der Waals surface area contributed by atoms with Crippen LogP contribution in [-0.4, -0.2) is 47.0 Å². The van der Waals surface area contributed by atoms with Crippen LogP contribution in [-0.2, 0) is 19.0 Å². The average molecular weight is 464 g/mol. The van der Waals surface area contributed by atoms with E-state index in [1.807, 2.05) is 6.08 Å². The molecule has 7 aliphatic rings. The first-order valence-electron chi connectivity index (χ1n) is 11.3. The number of allylic oxidation sites excluding steroid dienone is 2. The van der Waals surface area contributed by atoms with E-state index in [-0.39, 0.29) is 49.4 Å². The van der Waals surface area contributed by atoms with E-state index < -0.39 is 47.7 Å². The zero-order chi connectivity index (χ0) is 22.7. The molecule has 1 aliphatic heterocycles. The molecule has 7 rings (SSSR count). The van der Waals surface area contributed by atoms with Crippen LogP contribution in [0.15, 0.2) is 12.2 Å². The molecule has 1 heterocycles. The first-order chi connectivity index (χ1) is 14.9. The van der Waals surface area contributed by atoms with Crippen molar-refractivity contribution in [2.75, 3.05) is 6.79 Å². The quantitative estimate of drug-likeness (QED) is 0.381. The van der Waals surface area contributed by atoms with Crippen LogP contribution in [0.5, 0.6) is 0 Å².